The van der Waals surface area contributed by atoms with Crippen molar-refractivity contribution in [2.45, 2.75) is 50.9 Å². The minimum absolute atomic E-state index is 0.0845. The summed E-state index contributed by atoms with van der Waals surface area (Å²) in [5.74, 6) is 1.44. The third-order valence-corrected chi connectivity index (χ3v) is 4.27. The highest BCUT2D eigenvalue weighted by Crippen LogP contribution is 2.23. The number of amides is 1. The summed E-state index contributed by atoms with van der Waals surface area (Å²) < 4.78 is 0. The van der Waals surface area contributed by atoms with Gasteiger partial charge in [0.15, 0.2) is 0 Å². The molecule has 1 rings (SSSR count). The maximum Gasteiger partial charge on any atom is 0.279 e. The van der Waals surface area contributed by atoms with Gasteiger partial charge in [-0.05, 0) is 18.8 Å². The molecule has 0 saturated heterocycles. The van der Waals surface area contributed by atoms with Crippen molar-refractivity contribution in [2.24, 2.45) is 5.92 Å². The molecule has 2 atom stereocenters. The van der Waals surface area contributed by atoms with Crippen molar-refractivity contribution >= 4 is 28.6 Å². The lowest BCUT2D eigenvalue weighted by molar-refractivity contribution is 0.253. The number of hydrogen-bond acceptors (Lipinski definition) is 2. The van der Waals surface area contributed by atoms with Crippen LogP contribution in [0.2, 0.25) is 0 Å². The lowest BCUT2D eigenvalue weighted by atomic mass is 9.95. The summed E-state index contributed by atoms with van der Waals surface area (Å²) in [6.07, 6.45) is 4.44. The Bertz CT molecular complexity index is 211. The van der Waals surface area contributed by atoms with Gasteiger partial charge in [0.2, 0.25) is 0 Å². The van der Waals surface area contributed by atoms with E-state index in [2.05, 4.69) is 19.2 Å². The summed E-state index contributed by atoms with van der Waals surface area (Å²) in [5.41, 5.74) is 0. The Labute approximate surface area is 102 Å². The average molecular weight is 250 g/mol. The third-order valence-electron chi connectivity index (χ3n) is 2.53. The molecule has 1 aliphatic rings. The first-order valence-electron chi connectivity index (χ1n) is 5.67. The van der Waals surface area contributed by atoms with Gasteiger partial charge in [-0.3, -0.25) is 4.79 Å². The molecule has 1 N–H and O–H groups in total. The second-order valence-corrected chi connectivity index (χ2v) is 6.10. The molecule has 0 aromatic heterocycles. The van der Waals surface area contributed by atoms with E-state index in [9.17, 15) is 4.79 Å². The SMILES string of the molecule is CC(C)CSC(=O)NC1CCCCC1Cl. The van der Waals surface area contributed by atoms with Crippen molar-refractivity contribution in [2.75, 3.05) is 5.75 Å². The molecule has 0 aliphatic heterocycles. The number of hydrogen-bond donors (Lipinski definition) is 1. The van der Waals surface area contributed by atoms with Gasteiger partial charge < -0.3 is 5.32 Å². The van der Waals surface area contributed by atoms with Crippen LogP contribution in [0.5, 0.6) is 0 Å². The van der Waals surface area contributed by atoms with Crippen LogP contribution in [-0.2, 0) is 0 Å². The Morgan fingerprint density at radius 1 is 1.47 bits per heavy atom. The van der Waals surface area contributed by atoms with Crippen LogP contribution in [0.1, 0.15) is 39.5 Å². The first kappa shape index (κ1) is 13.2. The Hall–Kier alpha value is 0.110. The number of carbonyl (C=O) groups excluding carboxylic acids is 1. The summed E-state index contributed by atoms with van der Waals surface area (Å²) in [7, 11) is 0. The normalized spacial score (nSPS) is 26.7. The maximum absolute atomic E-state index is 11.6. The van der Waals surface area contributed by atoms with E-state index in [-0.39, 0.29) is 16.7 Å². The zero-order valence-electron chi connectivity index (χ0n) is 9.46. The van der Waals surface area contributed by atoms with Crippen LogP contribution in [0, 0.1) is 5.92 Å². The summed E-state index contributed by atoms with van der Waals surface area (Å²) in [5, 5.41) is 3.23. The van der Waals surface area contributed by atoms with E-state index in [1.54, 1.807) is 0 Å². The van der Waals surface area contributed by atoms with Crippen molar-refractivity contribution in [1.82, 2.24) is 5.32 Å². The average Bonchev–Trinajstić information content (AvgIpc) is 2.18. The van der Waals surface area contributed by atoms with Crippen LogP contribution in [0.25, 0.3) is 0 Å². The summed E-state index contributed by atoms with van der Waals surface area (Å²) in [4.78, 5) is 11.6. The van der Waals surface area contributed by atoms with Crippen molar-refractivity contribution in [3.63, 3.8) is 0 Å². The zero-order chi connectivity index (χ0) is 11.3. The standard InChI is InChI=1S/C11H20ClNOS/c1-8(2)7-15-11(14)13-10-6-4-3-5-9(10)12/h8-10H,3-7H2,1-2H3,(H,13,14). The fourth-order valence-corrected chi connectivity index (χ4v) is 2.75. The fourth-order valence-electron chi connectivity index (χ4n) is 1.68. The Morgan fingerprint density at radius 2 is 2.13 bits per heavy atom. The van der Waals surface area contributed by atoms with Gasteiger partial charge in [0, 0.05) is 11.8 Å². The number of nitrogens with one attached hydrogen (secondary N) is 1. The molecule has 0 aromatic rings. The molecule has 1 aliphatic carbocycles. The van der Waals surface area contributed by atoms with E-state index in [1.165, 1.54) is 24.6 Å². The van der Waals surface area contributed by atoms with Crippen LogP contribution < -0.4 is 5.32 Å². The molecular weight excluding hydrogens is 230 g/mol. The molecule has 15 heavy (non-hydrogen) atoms. The molecule has 2 nitrogen and oxygen atoms in total. The Balaban J connectivity index is 2.24. The van der Waals surface area contributed by atoms with Crippen molar-refractivity contribution in [3.8, 4) is 0 Å². The second kappa shape index (κ2) is 6.64. The number of halogens is 1. The van der Waals surface area contributed by atoms with Gasteiger partial charge in [-0.2, -0.15) is 0 Å². The fraction of sp³-hybridized carbons (Fsp3) is 0.909. The Morgan fingerprint density at radius 3 is 2.73 bits per heavy atom. The molecule has 0 heterocycles. The molecule has 0 aromatic carbocycles. The van der Waals surface area contributed by atoms with Gasteiger partial charge in [0.25, 0.3) is 5.24 Å². The van der Waals surface area contributed by atoms with Crippen LogP contribution in [0.4, 0.5) is 4.79 Å². The monoisotopic (exact) mass is 249 g/mol. The smallest absolute Gasteiger partial charge is 0.279 e. The third kappa shape index (κ3) is 5.12. The minimum atomic E-state index is 0.0845. The molecule has 0 spiro atoms. The van der Waals surface area contributed by atoms with Gasteiger partial charge in [-0.1, -0.05) is 38.5 Å². The molecule has 0 bridgehead atoms. The van der Waals surface area contributed by atoms with Crippen LogP contribution in [0.3, 0.4) is 0 Å². The van der Waals surface area contributed by atoms with Crippen molar-refractivity contribution in [3.05, 3.63) is 0 Å². The largest absolute Gasteiger partial charge is 0.343 e. The summed E-state index contributed by atoms with van der Waals surface area (Å²) in [6.45, 7) is 4.23. The molecule has 4 heteroatoms. The molecule has 2 unspecified atom stereocenters. The summed E-state index contributed by atoms with van der Waals surface area (Å²) in [6, 6.07) is 0.188. The van der Waals surface area contributed by atoms with Gasteiger partial charge in [0.1, 0.15) is 0 Å². The van der Waals surface area contributed by atoms with E-state index < -0.39 is 0 Å². The van der Waals surface area contributed by atoms with Gasteiger partial charge >= 0.3 is 0 Å². The lowest BCUT2D eigenvalue weighted by Gasteiger charge is -2.27. The van der Waals surface area contributed by atoms with Gasteiger partial charge in [-0.15, -0.1) is 11.6 Å². The molecular formula is C11H20ClNOS. The number of thioether (sulfide) groups is 1. The van der Waals surface area contributed by atoms with Crippen LogP contribution in [0.15, 0.2) is 0 Å². The van der Waals surface area contributed by atoms with E-state index in [1.807, 2.05) is 0 Å². The summed E-state index contributed by atoms with van der Waals surface area (Å²) >= 11 is 7.54. The van der Waals surface area contributed by atoms with Crippen LogP contribution in [-0.4, -0.2) is 22.4 Å². The highest BCUT2D eigenvalue weighted by atomic mass is 35.5. The molecule has 0 radical (unpaired) electrons. The molecule has 1 fully saturated rings. The van der Waals surface area contributed by atoms with E-state index in [0.717, 1.165) is 18.6 Å². The molecule has 1 amide bonds. The van der Waals surface area contributed by atoms with E-state index in [4.69, 9.17) is 11.6 Å². The van der Waals surface area contributed by atoms with Crippen molar-refractivity contribution in [1.29, 1.82) is 0 Å². The zero-order valence-corrected chi connectivity index (χ0v) is 11.0. The number of alkyl halides is 1. The first-order valence-corrected chi connectivity index (χ1v) is 7.09. The van der Waals surface area contributed by atoms with Crippen LogP contribution >= 0.6 is 23.4 Å². The predicted octanol–water partition coefficient (Wildman–Crippen LogP) is 3.64. The van der Waals surface area contributed by atoms with E-state index >= 15 is 0 Å². The van der Waals surface area contributed by atoms with E-state index in [0.29, 0.717) is 5.92 Å². The quantitative estimate of drug-likeness (QED) is 0.774. The van der Waals surface area contributed by atoms with Gasteiger partial charge in [-0.25, -0.2) is 0 Å². The van der Waals surface area contributed by atoms with Crippen molar-refractivity contribution < 1.29 is 4.79 Å². The second-order valence-electron chi connectivity index (χ2n) is 4.54. The minimum Gasteiger partial charge on any atom is -0.343 e. The topological polar surface area (TPSA) is 29.1 Å². The maximum atomic E-state index is 11.6. The highest BCUT2D eigenvalue weighted by Gasteiger charge is 2.24. The number of rotatable bonds is 3. The predicted molar refractivity (Wildman–Crippen MR) is 67.7 cm³/mol. The molecule has 1 saturated carbocycles. The first-order chi connectivity index (χ1) is 7.09. The number of carbonyl (C=O) groups is 1. The highest BCUT2D eigenvalue weighted by molar-refractivity contribution is 8.13. The Kier molecular flexibility index (Phi) is 5.83. The van der Waals surface area contributed by atoms with Gasteiger partial charge in [0.05, 0.1) is 5.38 Å². The molecule has 88 valence electrons. The lowest BCUT2D eigenvalue weighted by Crippen LogP contribution is -2.41.